The molecule has 0 saturated heterocycles. The maximum Gasteiger partial charge on any atom is 0.228 e. The molecule has 0 aliphatic heterocycles. The molecule has 94 valence electrons. The van der Waals surface area contributed by atoms with Gasteiger partial charge in [-0.25, -0.2) is 9.97 Å². The second kappa shape index (κ2) is 5.80. The number of nitrogens with zero attached hydrogens (tertiary/aromatic N) is 2. The van der Waals surface area contributed by atoms with E-state index in [0.29, 0.717) is 17.7 Å². The Morgan fingerprint density at radius 2 is 2.06 bits per heavy atom. The Hall–Kier alpha value is -1.65. The number of aryl methyl sites for hydroxylation is 1. The number of para-hydroxylation sites is 1. The number of ether oxygens (including phenoxy) is 1. The van der Waals surface area contributed by atoms with Crippen molar-refractivity contribution in [1.82, 2.24) is 9.97 Å². The van der Waals surface area contributed by atoms with Crippen molar-refractivity contribution in [2.75, 3.05) is 12.4 Å². The lowest BCUT2D eigenvalue weighted by atomic mass is 10.2. The first kappa shape index (κ1) is 12.8. The molecule has 0 aliphatic rings. The Balaban J connectivity index is 2.26. The summed E-state index contributed by atoms with van der Waals surface area (Å²) in [5, 5.41) is 3.55. The fourth-order valence-electron chi connectivity index (χ4n) is 1.58. The van der Waals surface area contributed by atoms with Gasteiger partial charge in [0.05, 0.1) is 12.3 Å². The SMILES string of the molecule is COCc1cc(Cl)nc(Nc2ccccc2C)n1. The summed E-state index contributed by atoms with van der Waals surface area (Å²) in [5.41, 5.74) is 2.83. The predicted molar refractivity (Wildman–Crippen MR) is 72.2 cm³/mol. The molecule has 1 heterocycles. The molecule has 2 aromatic rings. The molecule has 5 heteroatoms. The Bertz CT molecular complexity index is 546. The molecular formula is C13H14ClN3O. The number of aromatic nitrogens is 2. The Labute approximate surface area is 111 Å². The van der Waals surface area contributed by atoms with Crippen molar-refractivity contribution in [2.24, 2.45) is 0 Å². The van der Waals surface area contributed by atoms with Crippen LogP contribution < -0.4 is 5.32 Å². The number of hydrogen-bond donors (Lipinski definition) is 1. The molecule has 2 rings (SSSR count). The average molecular weight is 264 g/mol. The van der Waals surface area contributed by atoms with Crippen LogP contribution in [0.1, 0.15) is 11.3 Å². The van der Waals surface area contributed by atoms with Crippen molar-refractivity contribution >= 4 is 23.2 Å². The highest BCUT2D eigenvalue weighted by Gasteiger charge is 2.05. The van der Waals surface area contributed by atoms with Gasteiger partial charge in [-0.3, -0.25) is 0 Å². The number of methoxy groups -OCH3 is 1. The summed E-state index contributed by atoms with van der Waals surface area (Å²) in [6, 6.07) is 9.61. The topological polar surface area (TPSA) is 47.0 Å². The summed E-state index contributed by atoms with van der Waals surface area (Å²) in [7, 11) is 1.62. The lowest BCUT2D eigenvalue weighted by Crippen LogP contribution is -2.02. The zero-order valence-corrected chi connectivity index (χ0v) is 11.0. The molecule has 0 spiro atoms. The van der Waals surface area contributed by atoms with E-state index in [-0.39, 0.29) is 0 Å². The van der Waals surface area contributed by atoms with Gasteiger partial charge in [-0.05, 0) is 24.6 Å². The first-order valence-electron chi connectivity index (χ1n) is 5.54. The molecule has 18 heavy (non-hydrogen) atoms. The summed E-state index contributed by atoms with van der Waals surface area (Å²) in [6.45, 7) is 2.42. The van der Waals surface area contributed by atoms with Gasteiger partial charge in [-0.1, -0.05) is 29.8 Å². The van der Waals surface area contributed by atoms with Crippen molar-refractivity contribution in [2.45, 2.75) is 13.5 Å². The van der Waals surface area contributed by atoms with Crippen LogP contribution >= 0.6 is 11.6 Å². The van der Waals surface area contributed by atoms with Gasteiger partial charge in [0.25, 0.3) is 0 Å². The molecule has 0 radical (unpaired) electrons. The number of rotatable bonds is 4. The van der Waals surface area contributed by atoms with Crippen molar-refractivity contribution in [1.29, 1.82) is 0 Å². The highest BCUT2D eigenvalue weighted by Crippen LogP contribution is 2.19. The minimum absolute atomic E-state index is 0.396. The van der Waals surface area contributed by atoms with Crippen LogP contribution in [0, 0.1) is 6.92 Å². The molecule has 0 aliphatic carbocycles. The second-order valence-corrected chi connectivity index (χ2v) is 4.27. The van der Waals surface area contributed by atoms with E-state index in [9.17, 15) is 0 Å². The van der Waals surface area contributed by atoms with E-state index in [1.54, 1.807) is 13.2 Å². The largest absolute Gasteiger partial charge is 0.378 e. The van der Waals surface area contributed by atoms with Crippen molar-refractivity contribution in [3.63, 3.8) is 0 Å². The summed E-state index contributed by atoms with van der Waals surface area (Å²) < 4.78 is 5.04. The van der Waals surface area contributed by atoms with E-state index in [1.807, 2.05) is 31.2 Å². The Morgan fingerprint density at radius 1 is 1.28 bits per heavy atom. The molecule has 0 fully saturated rings. The monoisotopic (exact) mass is 263 g/mol. The quantitative estimate of drug-likeness (QED) is 0.860. The van der Waals surface area contributed by atoms with Gasteiger partial charge in [-0.15, -0.1) is 0 Å². The van der Waals surface area contributed by atoms with E-state index in [0.717, 1.165) is 16.9 Å². The normalized spacial score (nSPS) is 10.4. The van der Waals surface area contributed by atoms with Crippen molar-refractivity contribution in [3.8, 4) is 0 Å². The number of anilines is 2. The van der Waals surface area contributed by atoms with E-state index in [2.05, 4.69) is 15.3 Å². The van der Waals surface area contributed by atoms with Crippen molar-refractivity contribution in [3.05, 3.63) is 46.7 Å². The number of benzene rings is 1. The zero-order chi connectivity index (χ0) is 13.0. The fraction of sp³-hybridized carbons (Fsp3) is 0.231. The lowest BCUT2D eigenvalue weighted by Gasteiger charge is -2.09. The van der Waals surface area contributed by atoms with E-state index in [4.69, 9.17) is 16.3 Å². The smallest absolute Gasteiger partial charge is 0.228 e. The number of hydrogen-bond acceptors (Lipinski definition) is 4. The van der Waals surface area contributed by atoms with Crippen LogP contribution in [0.3, 0.4) is 0 Å². The first-order valence-corrected chi connectivity index (χ1v) is 5.92. The molecule has 1 aromatic carbocycles. The van der Waals surface area contributed by atoms with Crippen LogP contribution in [-0.4, -0.2) is 17.1 Å². The fourth-order valence-corrected chi connectivity index (χ4v) is 1.78. The molecule has 1 N–H and O–H groups in total. The van der Waals surface area contributed by atoms with E-state index >= 15 is 0 Å². The third kappa shape index (κ3) is 3.18. The third-order valence-corrected chi connectivity index (χ3v) is 2.63. The highest BCUT2D eigenvalue weighted by molar-refractivity contribution is 6.29. The summed E-state index contributed by atoms with van der Waals surface area (Å²) in [5.74, 6) is 0.476. The maximum atomic E-state index is 5.95. The molecule has 0 bridgehead atoms. The summed E-state index contributed by atoms with van der Waals surface area (Å²) >= 11 is 5.95. The highest BCUT2D eigenvalue weighted by atomic mass is 35.5. The third-order valence-electron chi connectivity index (χ3n) is 2.43. The molecule has 0 atom stereocenters. The van der Waals surface area contributed by atoms with Crippen LogP contribution in [0.5, 0.6) is 0 Å². The van der Waals surface area contributed by atoms with Gasteiger partial charge in [0.2, 0.25) is 5.95 Å². The predicted octanol–water partition coefficient (Wildman–Crippen LogP) is 3.33. The first-order chi connectivity index (χ1) is 8.69. The van der Waals surface area contributed by atoms with E-state index in [1.165, 1.54) is 0 Å². The standard InChI is InChI=1S/C13H14ClN3O/c1-9-5-3-4-6-11(9)16-13-15-10(8-18-2)7-12(14)17-13/h3-7H,8H2,1-2H3,(H,15,16,17). The van der Waals surface area contributed by atoms with Crippen LogP contribution in [0.4, 0.5) is 11.6 Å². The second-order valence-electron chi connectivity index (χ2n) is 3.88. The van der Waals surface area contributed by atoms with Crippen LogP contribution in [0.15, 0.2) is 30.3 Å². The van der Waals surface area contributed by atoms with Gasteiger partial charge in [0.15, 0.2) is 0 Å². The van der Waals surface area contributed by atoms with Crippen LogP contribution in [0.2, 0.25) is 5.15 Å². The average Bonchev–Trinajstić information content (AvgIpc) is 2.32. The Morgan fingerprint density at radius 3 is 2.78 bits per heavy atom. The Kier molecular flexibility index (Phi) is 4.12. The minimum Gasteiger partial charge on any atom is -0.378 e. The van der Waals surface area contributed by atoms with Gasteiger partial charge in [-0.2, -0.15) is 0 Å². The molecule has 0 unspecified atom stereocenters. The van der Waals surface area contributed by atoms with Gasteiger partial charge >= 0.3 is 0 Å². The number of halogens is 1. The molecular weight excluding hydrogens is 250 g/mol. The lowest BCUT2D eigenvalue weighted by molar-refractivity contribution is 0.181. The molecule has 1 aromatic heterocycles. The molecule has 0 amide bonds. The molecule has 0 saturated carbocycles. The van der Waals surface area contributed by atoms with Gasteiger partial charge in [0, 0.05) is 12.8 Å². The molecule has 4 nitrogen and oxygen atoms in total. The van der Waals surface area contributed by atoms with Gasteiger partial charge in [0.1, 0.15) is 5.15 Å². The minimum atomic E-state index is 0.396. The summed E-state index contributed by atoms with van der Waals surface area (Å²) in [4.78, 5) is 8.47. The van der Waals surface area contributed by atoms with E-state index < -0.39 is 0 Å². The summed E-state index contributed by atoms with van der Waals surface area (Å²) in [6.07, 6.45) is 0. The zero-order valence-electron chi connectivity index (χ0n) is 10.3. The van der Waals surface area contributed by atoms with Crippen LogP contribution in [0.25, 0.3) is 0 Å². The maximum absolute atomic E-state index is 5.95. The van der Waals surface area contributed by atoms with Crippen LogP contribution in [-0.2, 0) is 11.3 Å². The van der Waals surface area contributed by atoms with Gasteiger partial charge < -0.3 is 10.1 Å². The number of nitrogens with one attached hydrogen (secondary N) is 1. The van der Waals surface area contributed by atoms with Crippen molar-refractivity contribution < 1.29 is 4.74 Å².